The molecule has 0 saturated carbocycles. The van der Waals surface area contributed by atoms with E-state index in [1.54, 1.807) is 0 Å². The standard InChI is InChI=1S/C27H52O4/c1-4-6-8-10-12-13-14-16-18-20-22-31-27(3,26-29-23-25(28)24-30-26)21-19-17-15-11-9-7-5-2/h26H,4-24H2,1-3H3. The van der Waals surface area contributed by atoms with E-state index in [0.717, 1.165) is 25.9 Å². The molecule has 1 saturated heterocycles. The van der Waals surface area contributed by atoms with Crippen molar-refractivity contribution in [2.24, 2.45) is 0 Å². The van der Waals surface area contributed by atoms with E-state index in [4.69, 9.17) is 14.2 Å². The minimum Gasteiger partial charge on any atom is -0.370 e. The monoisotopic (exact) mass is 440 g/mol. The van der Waals surface area contributed by atoms with Crippen LogP contribution in [0.1, 0.15) is 136 Å². The second-order valence-corrected chi connectivity index (χ2v) is 9.71. The van der Waals surface area contributed by atoms with Crippen LogP contribution in [0.25, 0.3) is 0 Å². The van der Waals surface area contributed by atoms with Gasteiger partial charge in [0.2, 0.25) is 0 Å². The van der Waals surface area contributed by atoms with Crippen molar-refractivity contribution in [1.82, 2.24) is 0 Å². The van der Waals surface area contributed by atoms with Crippen molar-refractivity contribution < 1.29 is 19.0 Å². The van der Waals surface area contributed by atoms with Crippen LogP contribution < -0.4 is 0 Å². The molecule has 0 spiro atoms. The summed E-state index contributed by atoms with van der Waals surface area (Å²) < 4.78 is 17.8. The van der Waals surface area contributed by atoms with Crippen molar-refractivity contribution in [2.45, 2.75) is 148 Å². The van der Waals surface area contributed by atoms with Gasteiger partial charge in [0.1, 0.15) is 18.8 Å². The summed E-state index contributed by atoms with van der Waals surface area (Å²) in [6.07, 6.45) is 22.7. The molecule has 31 heavy (non-hydrogen) atoms. The first-order valence-corrected chi connectivity index (χ1v) is 13.5. The van der Waals surface area contributed by atoms with Crippen LogP contribution in [0.5, 0.6) is 0 Å². The minimum absolute atomic E-state index is 0.0178. The van der Waals surface area contributed by atoms with Crippen molar-refractivity contribution in [1.29, 1.82) is 0 Å². The summed E-state index contributed by atoms with van der Waals surface area (Å²) in [6, 6.07) is 0. The van der Waals surface area contributed by atoms with Gasteiger partial charge in [0, 0.05) is 6.61 Å². The number of hydrogen-bond donors (Lipinski definition) is 0. The lowest BCUT2D eigenvalue weighted by molar-refractivity contribution is -0.262. The minimum atomic E-state index is -0.455. The Labute approximate surface area is 193 Å². The van der Waals surface area contributed by atoms with Crippen molar-refractivity contribution in [2.75, 3.05) is 19.8 Å². The first-order chi connectivity index (χ1) is 15.1. The summed E-state index contributed by atoms with van der Waals surface area (Å²) in [6.45, 7) is 7.69. The highest BCUT2D eigenvalue weighted by Gasteiger charge is 2.39. The predicted molar refractivity (Wildman–Crippen MR) is 130 cm³/mol. The molecule has 184 valence electrons. The molecular formula is C27H52O4. The molecule has 0 aromatic heterocycles. The molecule has 0 aliphatic carbocycles. The van der Waals surface area contributed by atoms with Crippen molar-refractivity contribution in [3.8, 4) is 0 Å². The first kappa shape index (κ1) is 28.6. The Bertz CT molecular complexity index is 415. The van der Waals surface area contributed by atoms with Crippen molar-refractivity contribution in [3.63, 3.8) is 0 Å². The molecule has 4 heteroatoms. The van der Waals surface area contributed by atoms with E-state index in [1.165, 1.54) is 96.3 Å². The molecule has 1 fully saturated rings. The number of ether oxygens (including phenoxy) is 3. The normalized spacial score (nSPS) is 17.2. The molecule has 0 aromatic carbocycles. The van der Waals surface area contributed by atoms with Gasteiger partial charge in [-0.2, -0.15) is 0 Å². The van der Waals surface area contributed by atoms with E-state index >= 15 is 0 Å². The zero-order valence-corrected chi connectivity index (χ0v) is 21.1. The van der Waals surface area contributed by atoms with E-state index in [-0.39, 0.29) is 19.0 Å². The molecule has 1 atom stereocenters. The van der Waals surface area contributed by atoms with Gasteiger partial charge in [-0.15, -0.1) is 0 Å². The van der Waals surface area contributed by atoms with Crippen LogP contribution in [0.4, 0.5) is 0 Å². The van der Waals surface area contributed by atoms with Crippen LogP contribution in [0.3, 0.4) is 0 Å². The summed E-state index contributed by atoms with van der Waals surface area (Å²) in [4.78, 5) is 11.5. The van der Waals surface area contributed by atoms with Gasteiger partial charge in [0.25, 0.3) is 0 Å². The first-order valence-electron chi connectivity index (χ1n) is 13.5. The number of rotatable bonds is 21. The Hall–Kier alpha value is -0.450. The van der Waals surface area contributed by atoms with Crippen LogP contribution in [0, 0.1) is 0 Å². The summed E-state index contributed by atoms with van der Waals surface area (Å²) in [7, 11) is 0. The topological polar surface area (TPSA) is 44.8 Å². The molecule has 4 nitrogen and oxygen atoms in total. The number of carbonyl (C=O) groups excluding carboxylic acids is 1. The highest BCUT2D eigenvalue weighted by Crippen LogP contribution is 2.29. The third-order valence-corrected chi connectivity index (χ3v) is 6.50. The fourth-order valence-electron chi connectivity index (χ4n) is 4.37. The van der Waals surface area contributed by atoms with Crippen molar-refractivity contribution >= 4 is 5.78 Å². The summed E-state index contributed by atoms with van der Waals surface area (Å²) in [5, 5.41) is 0. The van der Waals surface area contributed by atoms with Crippen LogP contribution in [0.15, 0.2) is 0 Å². The van der Waals surface area contributed by atoms with E-state index in [0.29, 0.717) is 0 Å². The van der Waals surface area contributed by atoms with E-state index in [2.05, 4.69) is 20.8 Å². The number of ketones is 1. The Kier molecular flexibility index (Phi) is 17.6. The molecule has 0 aromatic rings. The molecule has 0 N–H and O–H groups in total. The third-order valence-electron chi connectivity index (χ3n) is 6.50. The fraction of sp³-hybridized carbons (Fsp3) is 0.963. The summed E-state index contributed by atoms with van der Waals surface area (Å²) >= 11 is 0. The van der Waals surface area contributed by atoms with Gasteiger partial charge in [0.15, 0.2) is 12.1 Å². The number of unbranched alkanes of at least 4 members (excludes halogenated alkanes) is 15. The largest absolute Gasteiger partial charge is 0.370 e. The molecule has 1 aliphatic rings. The number of hydrogen-bond acceptors (Lipinski definition) is 4. The van der Waals surface area contributed by atoms with E-state index < -0.39 is 11.9 Å². The van der Waals surface area contributed by atoms with E-state index in [9.17, 15) is 4.79 Å². The third kappa shape index (κ3) is 14.3. The molecular weight excluding hydrogens is 388 g/mol. The van der Waals surface area contributed by atoms with Gasteiger partial charge in [-0.3, -0.25) is 4.79 Å². The smallest absolute Gasteiger partial charge is 0.187 e. The van der Waals surface area contributed by atoms with Crippen LogP contribution >= 0.6 is 0 Å². The predicted octanol–water partition coefficient (Wildman–Crippen LogP) is 7.77. The molecule has 1 unspecified atom stereocenters. The van der Waals surface area contributed by atoms with Crippen LogP contribution in [-0.2, 0) is 19.0 Å². The zero-order chi connectivity index (χ0) is 22.6. The van der Waals surface area contributed by atoms with Crippen LogP contribution in [-0.4, -0.2) is 37.5 Å². The molecule has 0 amide bonds. The number of Topliss-reactive ketones (excluding diaryl/α,β-unsaturated/α-hetero) is 1. The van der Waals surface area contributed by atoms with Crippen LogP contribution in [0.2, 0.25) is 0 Å². The molecule has 1 aliphatic heterocycles. The number of carbonyl (C=O) groups is 1. The highest BCUT2D eigenvalue weighted by atomic mass is 16.7. The average Bonchev–Trinajstić information content (AvgIpc) is 2.77. The maximum absolute atomic E-state index is 11.5. The molecule has 1 heterocycles. The Morgan fingerprint density at radius 3 is 1.61 bits per heavy atom. The summed E-state index contributed by atoms with van der Waals surface area (Å²) in [5.41, 5.74) is -0.455. The lowest BCUT2D eigenvalue weighted by Gasteiger charge is -2.38. The van der Waals surface area contributed by atoms with Gasteiger partial charge in [0.05, 0.1) is 0 Å². The lowest BCUT2D eigenvalue weighted by atomic mass is 9.95. The maximum Gasteiger partial charge on any atom is 0.187 e. The van der Waals surface area contributed by atoms with Gasteiger partial charge in [-0.25, -0.2) is 0 Å². The quantitative estimate of drug-likeness (QED) is 0.171. The Morgan fingerprint density at radius 2 is 1.13 bits per heavy atom. The van der Waals surface area contributed by atoms with Gasteiger partial charge < -0.3 is 14.2 Å². The Balaban J connectivity index is 2.22. The fourth-order valence-corrected chi connectivity index (χ4v) is 4.37. The zero-order valence-electron chi connectivity index (χ0n) is 21.1. The Morgan fingerprint density at radius 1 is 0.710 bits per heavy atom. The van der Waals surface area contributed by atoms with Gasteiger partial charge in [-0.05, 0) is 19.8 Å². The van der Waals surface area contributed by atoms with Crippen molar-refractivity contribution in [3.05, 3.63) is 0 Å². The maximum atomic E-state index is 11.5. The van der Waals surface area contributed by atoms with Gasteiger partial charge >= 0.3 is 0 Å². The van der Waals surface area contributed by atoms with Gasteiger partial charge in [-0.1, -0.05) is 117 Å². The summed E-state index contributed by atoms with van der Waals surface area (Å²) in [5.74, 6) is 0.0178. The molecule has 0 radical (unpaired) electrons. The van der Waals surface area contributed by atoms with E-state index in [1.807, 2.05) is 0 Å². The molecule has 1 rings (SSSR count). The SMILES string of the molecule is CCCCCCCCCCCCOC(C)(CCCCCCCCC)C1OCC(=O)CO1. The molecule has 0 bridgehead atoms. The highest BCUT2D eigenvalue weighted by molar-refractivity contribution is 5.81. The second-order valence-electron chi connectivity index (χ2n) is 9.71. The lowest BCUT2D eigenvalue weighted by Crippen LogP contribution is -2.49. The average molecular weight is 441 g/mol. The second kappa shape index (κ2) is 19.1.